The summed E-state index contributed by atoms with van der Waals surface area (Å²) in [4.78, 5) is 4.33. The van der Waals surface area contributed by atoms with Crippen LogP contribution in [0.1, 0.15) is 18.9 Å². The Morgan fingerprint density at radius 2 is 2.20 bits per heavy atom. The molecule has 3 nitrogen and oxygen atoms in total. The van der Waals surface area contributed by atoms with Crippen molar-refractivity contribution in [2.24, 2.45) is 0 Å². The van der Waals surface area contributed by atoms with Crippen LogP contribution in [0, 0.1) is 0 Å². The number of nitrogens with one attached hydrogen (secondary N) is 1. The molecule has 1 heterocycles. The molecule has 0 aliphatic carbocycles. The topological polar surface area (TPSA) is 34.2 Å². The van der Waals surface area contributed by atoms with Gasteiger partial charge in [-0.2, -0.15) is 0 Å². The van der Waals surface area contributed by atoms with E-state index in [9.17, 15) is 0 Å². The van der Waals surface area contributed by atoms with Crippen LogP contribution in [0.15, 0.2) is 41.0 Å². The first kappa shape index (κ1) is 15.1. The van der Waals surface area contributed by atoms with Crippen LogP contribution in [0.5, 0.6) is 5.75 Å². The highest BCUT2D eigenvalue weighted by molar-refractivity contribution is 9.10. The Kier molecular flexibility index (Phi) is 5.68. The third-order valence-corrected chi connectivity index (χ3v) is 3.50. The molecule has 5 heteroatoms. The second-order valence-corrected chi connectivity index (χ2v) is 5.62. The predicted octanol–water partition coefficient (Wildman–Crippen LogP) is 4.90. The average molecular weight is 356 g/mol. The van der Waals surface area contributed by atoms with Crippen LogP contribution in [0.2, 0.25) is 5.02 Å². The van der Waals surface area contributed by atoms with Crippen LogP contribution >= 0.6 is 27.5 Å². The van der Waals surface area contributed by atoms with Crippen LogP contribution in [0.4, 0.5) is 5.82 Å². The van der Waals surface area contributed by atoms with Gasteiger partial charge in [0.1, 0.15) is 18.2 Å². The summed E-state index contributed by atoms with van der Waals surface area (Å²) in [6.07, 6.45) is 2.82. The molecule has 1 aromatic heterocycles. The number of ether oxygens (including phenoxy) is 1. The summed E-state index contributed by atoms with van der Waals surface area (Å²) in [7, 11) is 0. The lowest BCUT2D eigenvalue weighted by atomic mass is 10.2. The van der Waals surface area contributed by atoms with Gasteiger partial charge in [0.05, 0.1) is 5.02 Å². The summed E-state index contributed by atoms with van der Waals surface area (Å²) >= 11 is 9.51. The fourth-order valence-electron chi connectivity index (χ4n) is 1.71. The zero-order valence-electron chi connectivity index (χ0n) is 11.2. The van der Waals surface area contributed by atoms with Gasteiger partial charge in [-0.1, -0.05) is 40.5 Å². The maximum Gasteiger partial charge on any atom is 0.138 e. The molecule has 0 aliphatic heterocycles. The maximum atomic E-state index is 6.13. The number of halogens is 2. The van der Waals surface area contributed by atoms with Gasteiger partial charge >= 0.3 is 0 Å². The van der Waals surface area contributed by atoms with Gasteiger partial charge in [-0.25, -0.2) is 4.98 Å². The second-order valence-electron chi connectivity index (χ2n) is 4.30. The quantitative estimate of drug-likeness (QED) is 0.800. The van der Waals surface area contributed by atoms with Gasteiger partial charge in [-0.3, -0.25) is 0 Å². The van der Waals surface area contributed by atoms with Gasteiger partial charge in [0.15, 0.2) is 0 Å². The van der Waals surface area contributed by atoms with E-state index in [1.807, 2.05) is 30.3 Å². The van der Waals surface area contributed by atoms with Crippen molar-refractivity contribution in [2.75, 3.05) is 11.9 Å². The first-order chi connectivity index (χ1) is 9.70. The van der Waals surface area contributed by atoms with E-state index in [-0.39, 0.29) is 0 Å². The minimum atomic E-state index is 0.432. The Morgan fingerprint density at radius 1 is 1.35 bits per heavy atom. The van der Waals surface area contributed by atoms with Crippen molar-refractivity contribution >= 4 is 33.3 Å². The fraction of sp³-hybridized carbons (Fsp3) is 0.267. The zero-order valence-corrected chi connectivity index (χ0v) is 13.5. The molecule has 0 atom stereocenters. The Bertz CT molecular complexity index is 578. The molecule has 0 radical (unpaired) electrons. The molecule has 20 heavy (non-hydrogen) atoms. The molecule has 0 unspecified atom stereocenters. The van der Waals surface area contributed by atoms with E-state index < -0.39 is 0 Å². The van der Waals surface area contributed by atoms with Crippen LogP contribution in [0.3, 0.4) is 0 Å². The molecule has 0 amide bonds. The van der Waals surface area contributed by atoms with Gasteiger partial charge in [0.25, 0.3) is 0 Å². The number of hydrogen-bond donors (Lipinski definition) is 1. The molecule has 1 N–H and O–H groups in total. The van der Waals surface area contributed by atoms with Gasteiger partial charge in [0, 0.05) is 22.8 Å². The van der Waals surface area contributed by atoms with E-state index >= 15 is 0 Å². The molecule has 0 fully saturated rings. The van der Waals surface area contributed by atoms with Crippen LogP contribution in [-0.4, -0.2) is 11.5 Å². The van der Waals surface area contributed by atoms with Gasteiger partial charge < -0.3 is 10.1 Å². The fourth-order valence-corrected chi connectivity index (χ4v) is 2.43. The predicted molar refractivity (Wildman–Crippen MR) is 86.5 cm³/mol. The molecule has 0 spiro atoms. The smallest absolute Gasteiger partial charge is 0.138 e. The Balaban J connectivity index is 2.06. The van der Waals surface area contributed by atoms with Crippen LogP contribution in [-0.2, 0) is 6.61 Å². The number of anilines is 1. The number of rotatable bonds is 6. The van der Waals surface area contributed by atoms with Crippen molar-refractivity contribution in [3.63, 3.8) is 0 Å². The summed E-state index contributed by atoms with van der Waals surface area (Å²) in [5.74, 6) is 1.53. The van der Waals surface area contributed by atoms with E-state index in [1.54, 1.807) is 6.20 Å². The molecular weight excluding hydrogens is 340 g/mol. The highest BCUT2D eigenvalue weighted by atomic mass is 79.9. The van der Waals surface area contributed by atoms with E-state index in [4.69, 9.17) is 16.3 Å². The summed E-state index contributed by atoms with van der Waals surface area (Å²) in [5, 5.41) is 3.88. The van der Waals surface area contributed by atoms with E-state index in [0.29, 0.717) is 17.4 Å². The SMILES string of the molecule is CCCNc1ncccc1COc1ccc(Br)cc1Cl. The standard InChI is InChI=1S/C15H16BrClN2O/c1-2-7-18-15-11(4-3-8-19-15)10-20-14-6-5-12(16)9-13(14)17/h3-6,8-9H,2,7,10H2,1H3,(H,18,19). The number of benzene rings is 1. The van der Waals surface area contributed by atoms with Gasteiger partial charge in [0.2, 0.25) is 0 Å². The zero-order chi connectivity index (χ0) is 14.4. The molecule has 0 bridgehead atoms. The first-order valence-corrected chi connectivity index (χ1v) is 7.63. The molecule has 2 aromatic rings. The molecule has 1 aromatic carbocycles. The van der Waals surface area contributed by atoms with Gasteiger partial charge in [-0.15, -0.1) is 0 Å². The molecule has 0 saturated carbocycles. The molecule has 0 aliphatic rings. The minimum absolute atomic E-state index is 0.432. The number of pyridine rings is 1. The molecule has 106 valence electrons. The molecule has 2 rings (SSSR count). The third-order valence-electron chi connectivity index (χ3n) is 2.71. The van der Waals surface area contributed by atoms with Crippen molar-refractivity contribution in [2.45, 2.75) is 20.0 Å². The van der Waals surface area contributed by atoms with Crippen molar-refractivity contribution in [1.82, 2.24) is 4.98 Å². The van der Waals surface area contributed by atoms with Crippen molar-refractivity contribution < 1.29 is 4.74 Å². The van der Waals surface area contributed by atoms with Crippen molar-refractivity contribution in [1.29, 1.82) is 0 Å². The van der Waals surface area contributed by atoms with Crippen LogP contribution < -0.4 is 10.1 Å². The molecular formula is C15H16BrClN2O. The highest BCUT2D eigenvalue weighted by Gasteiger charge is 2.06. The third kappa shape index (κ3) is 4.12. The monoisotopic (exact) mass is 354 g/mol. The Morgan fingerprint density at radius 3 is 2.95 bits per heavy atom. The largest absolute Gasteiger partial charge is 0.487 e. The van der Waals surface area contributed by atoms with E-state index in [0.717, 1.165) is 28.8 Å². The Labute approximate surface area is 132 Å². The normalized spacial score (nSPS) is 10.3. The van der Waals surface area contributed by atoms with E-state index in [1.165, 1.54) is 0 Å². The summed E-state index contributed by atoms with van der Waals surface area (Å²) in [5.41, 5.74) is 1.01. The lowest BCUT2D eigenvalue weighted by Gasteiger charge is -2.12. The highest BCUT2D eigenvalue weighted by Crippen LogP contribution is 2.28. The summed E-state index contributed by atoms with van der Waals surface area (Å²) in [6.45, 7) is 3.44. The first-order valence-electron chi connectivity index (χ1n) is 6.46. The summed E-state index contributed by atoms with van der Waals surface area (Å²) < 4.78 is 6.70. The van der Waals surface area contributed by atoms with E-state index in [2.05, 4.69) is 33.2 Å². The van der Waals surface area contributed by atoms with Crippen molar-refractivity contribution in [3.05, 3.63) is 51.6 Å². The minimum Gasteiger partial charge on any atom is -0.487 e. The van der Waals surface area contributed by atoms with Crippen LogP contribution in [0.25, 0.3) is 0 Å². The average Bonchev–Trinajstić information content (AvgIpc) is 2.45. The number of nitrogens with zero attached hydrogens (tertiary/aromatic N) is 1. The molecule has 0 saturated heterocycles. The number of hydrogen-bond acceptors (Lipinski definition) is 3. The maximum absolute atomic E-state index is 6.13. The lowest BCUT2D eigenvalue weighted by molar-refractivity contribution is 0.306. The summed E-state index contributed by atoms with van der Waals surface area (Å²) in [6, 6.07) is 9.47. The number of aromatic nitrogens is 1. The lowest BCUT2D eigenvalue weighted by Crippen LogP contribution is -2.07. The van der Waals surface area contributed by atoms with Crippen molar-refractivity contribution in [3.8, 4) is 5.75 Å². The Hall–Kier alpha value is -1.26. The second kappa shape index (κ2) is 7.50. The van der Waals surface area contributed by atoms with Gasteiger partial charge in [-0.05, 0) is 30.7 Å².